The molecule has 20 heavy (non-hydrogen) atoms. The molecule has 4 nitrogen and oxygen atoms in total. The van der Waals surface area contributed by atoms with E-state index < -0.39 is 0 Å². The first kappa shape index (κ1) is 15.4. The Hall–Kier alpha value is -0.970. The molecule has 1 aromatic heterocycles. The fourth-order valence-electron chi connectivity index (χ4n) is 2.42. The van der Waals surface area contributed by atoms with Gasteiger partial charge >= 0.3 is 0 Å². The summed E-state index contributed by atoms with van der Waals surface area (Å²) in [6.07, 6.45) is 8.93. The average molecular weight is 295 g/mol. The van der Waals surface area contributed by atoms with Crippen LogP contribution < -0.4 is 10.5 Å². The van der Waals surface area contributed by atoms with Gasteiger partial charge in [0.2, 0.25) is 5.88 Å². The predicted octanol–water partition coefficient (Wildman–Crippen LogP) is 3.91. The molecule has 0 bridgehead atoms. The zero-order valence-electron chi connectivity index (χ0n) is 12.3. The minimum absolute atomic E-state index is 0.498. The summed E-state index contributed by atoms with van der Waals surface area (Å²) in [4.78, 5) is 8.69. The Bertz CT molecular complexity index is 408. The van der Waals surface area contributed by atoms with Crippen molar-refractivity contribution in [3.8, 4) is 5.88 Å². The lowest BCUT2D eigenvalue weighted by molar-refractivity contribution is 0.201. The molecule has 1 saturated carbocycles. The molecular weight excluding hydrogens is 270 g/mol. The van der Waals surface area contributed by atoms with Crippen molar-refractivity contribution in [1.29, 1.82) is 0 Å². The highest BCUT2D eigenvalue weighted by molar-refractivity contribution is 7.99. The molecule has 1 aliphatic carbocycles. The molecule has 1 aliphatic rings. The monoisotopic (exact) mass is 295 g/mol. The zero-order chi connectivity index (χ0) is 14.2. The van der Waals surface area contributed by atoms with Gasteiger partial charge in [0.05, 0.1) is 6.61 Å². The highest BCUT2D eigenvalue weighted by atomic mass is 32.2. The molecule has 0 atom stereocenters. The second-order valence-electron chi connectivity index (χ2n) is 5.43. The van der Waals surface area contributed by atoms with Gasteiger partial charge in [0.15, 0.2) is 5.16 Å². The molecule has 0 amide bonds. The van der Waals surface area contributed by atoms with E-state index >= 15 is 0 Å². The molecule has 1 aromatic rings. The first-order chi connectivity index (χ1) is 9.78. The van der Waals surface area contributed by atoms with E-state index in [1.165, 1.54) is 44.9 Å². The largest absolute Gasteiger partial charge is 0.477 e. The standard InChI is InChI=1S/C15H25N3OS/c1-2-3-9-20-15-17-13(16)10-14(18-15)19-11-12-7-5-4-6-8-12/h10,12H,2-9,11H2,1H3,(H2,16,17,18). The van der Waals surface area contributed by atoms with Crippen LogP contribution in [-0.2, 0) is 0 Å². The number of rotatable bonds is 7. The molecule has 112 valence electrons. The van der Waals surface area contributed by atoms with Gasteiger partial charge in [-0.3, -0.25) is 0 Å². The number of unbranched alkanes of at least 4 members (excludes halogenated alkanes) is 1. The average Bonchev–Trinajstić information content (AvgIpc) is 2.46. The second-order valence-corrected chi connectivity index (χ2v) is 6.49. The number of aromatic nitrogens is 2. The van der Waals surface area contributed by atoms with Crippen LogP contribution >= 0.6 is 11.8 Å². The summed E-state index contributed by atoms with van der Waals surface area (Å²) in [7, 11) is 0. The summed E-state index contributed by atoms with van der Waals surface area (Å²) in [5, 5.41) is 0.733. The SMILES string of the molecule is CCCCSc1nc(N)cc(OCC2CCCCC2)n1. The number of anilines is 1. The number of ether oxygens (including phenoxy) is 1. The van der Waals surface area contributed by atoms with Crippen LogP contribution in [0.4, 0.5) is 5.82 Å². The van der Waals surface area contributed by atoms with Crippen LogP contribution in [0.25, 0.3) is 0 Å². The molecule has 0 radical (unpaired) electrons. The first-order valence-corrected chi connectivity index (χ1v) is 8.66. The summed E-state index contributed by atoms with van der Waals surface area (Å²) in [5.41, 5.74) is 5.83. The number of hydrogen-bond donors (Lipinski definition) is 1. The van der Waals surface area contributed by atoms with Crippen LogP contribution in [0.1, 0.15) is 51.9 Å². The Labute approximate surface area is 125 Å². The van der Waals surface area contributed by atoms with Crippen LogP contribution in [-0.4, -0.2) is 22.3 Å². The van der Waals surface area contributed by atoms with Crippen LogP contribution in [0.15, 0.2) is 11.2 Å². The van der Waals surface area contributed by atoms with Crippen LogP contribution in [0.3, 0.4) is 0 Å². The summed E-state index contributed by atoms with van der Waals surface area (Å²) >= 11 is 1.65. The summed E-state index contributed by atoms with van der Waals surface area (Å²) in [6.45, 7) is 2.94. The predicted molar refractivity (Wildman–Crippen MR) is 84.1 cm³/mol. The van der Waals surface area contributed by atoms with Crippen molar-refractivity contribution in [1.82, 2.24) is 9.97 Å². The van der Waals surface area contributed by atoms with Gasteiger partial charge in [-0.15, -0.1) is 0 Å². The Kier molecular flexibility index (Phi) is 6.43. The Balaban J connectivity index is 1.86. The maximum Gasteiger partial charge on any atom is 0.219 e. The van der Waals surface area contributed by atoms with E-state index in [4.69, 9.17) is 10.5 Å². The number of nitrogens with zero attached hydrogens (tertiary/aromatic N) is 2. The van der Waals surface area contributed by atoms with Crippen molar-refractivity contribution in [3.05, 3.63) is 6.07 Å². The van der Waals surface area contributed by atoms with E-state index in [9.17, 15) is 0 Å². The minimum Gasteiger partial charge on any atom is -0.477 e. The summed E-state index contributed by atoms with van der Waals surface area (Å²) in [6, 6.07) is 1.73. The molecule has 2 rings (SSSR count). The van der Waals surface area contributed by atoms with Crippen molar-refractivity contribution < 1.29 is 4.74 Å². The van der Waals surface area contributed by atoms with E-state index in [0.717, 1.165) is 17.5 Å². The molecule has 2 N–H and O–H groups in total. The summed E-state index contributed by atoms with van der Waals surface area (Å²) < 4.78 is 5.83. The molecule has 0 aromatic carbocycles. The molecular formula is C15H25N3OS. The van der Waals surface area contributed by atoms with E-state index in [0.29, 0.717) is 17.6 Å². The third kappa shape index (κ3) is 5.19. The van der Waals surface area contributed by atoms with Gasteiger partial charge in [-0.05, 0) is 25.2 Å². The van der Waals surface area contributed by atoms with Gasteiger partial charge in [0.1, 0.15) is 5.82 Å². The molecule has 0 aliphatic heterocycles. The zero-order valence-corrected chi connectivity index (χ0v) is 13.1. The van der Waals surface area contributed by atoms with Crippen molar-refractivity contribution in [2.24, 2.45) is 5.92 Å². The topological polar surface area (TPSA) is 61.0 Å². The van der Waals surface area contributed by atoms with Crippen LogP contribution in [0, 0.1) is 5.92 Å². The van der Waals surface area contributed by atoms with Crippen molar-refractivity contribution in [3.63, 3.8) is 0 Å². The third-order valence-corrected chi connectivity index (χ3v) is 4.56. The molecule has 0 unspecified atom stereocenters. The van der Waals surface area contributed by atoms with Gasteiger partial charge in [-0.25, -0.2) is 4.98 Å². The number of hydrogen-bond acceptors (Lipinski definition) is 5. The number of thioether (sulfide) groups is 1. The van der Waals surface area contributed by atoms with E-state index in [-0.39, 0.29) is 0 Å². The van der Waals surface area contributed by atoms with Crippen LogP contribution in [0.2, 0.25) is 0 Å². The van der Waals surface area contributed by atoms with E-state index in [1.807, 2.05) is 0 Å². The Morgan fingerprint density at radius 2 is 2.10 bits per heavy atom. The molecule has 0 spiro atoms. The number of nitrogens with two attached hydrogens (primary N) is 1. The lowest BCUT2D eigenvalue weighted by atomic mass is 9.90. The molecule has 1 fully saturated rings. The maximum absolute atomic E-state index is 5.83. The Morgan fingerprint density at radius 1 is 1.30 bits per heavy atom. The maximum atomic E-state index is 5.83. The van der Waals surface area contributed by atoms with Crippen LogP contribution in [0.5, 0.6) is 5.88 Å². The molecule has 1 heterocycles. The van der Waals surface area contributed by atoms with Crippen molar-refractivity contribution in [2.75, 3.05) is 18.1 Å². The highest BCUT2D eigenvalue weighted by Crippen LogP contribution is 2.25. The van der Waals surface area contributed by atoms with E-state index in [1.54, 1.807) is 17.8 Å². The third-order valence-electron chi connectivity index (χ3n) is 3.62. The van der Waals surface area contributed by atoms with E-state index in [2.05, 4.69) is 16.9 Å². The molecule has 5 heteroatoms. The normalized spacial score (nSPS) is 16.2. The van der Waals surface area contributed by atoms with Crippen molar-refractivity contribution in [2.45, 2.75) is 57.0 Å². The lowest BCUT2D eigenvalue weighted by Crippen LogP contribution is -2.16. The minimum atomic E-state index is 0.498. The lowest BCUT2D eigenvalue weighted by Gasteiger charge is -2.21. The van der Waals surface area contributed by atoms with Gasteiger partial charge in [-0.1, -0.05) is 44.4 Å². The van der Waals surface area contributed by atoms with Gasteiger partial charge in [-0.2, -0.15) is 4.98 Å². The fourth-order valence-corrected chi connectivity index (χ4v) is 3.36. The van der Waals surface area contributed by atoms with Gasteiger partial charge < -0.3 is 10.5 Å². The van der Waals surface area contributed by atoms with Crippen molar-refractivity contribution >= 4 is 17.6 Å². The second kappa shape index (κ2) is 8.35. The number of nitrogen functional groups attached to an aromatic ring is 1. The summed E-state index contributed by atoms with van der Waals surface area (Å²) in [5.74, 6) is 2.83. The van der Waals surface area contributed by atoms with Gasteiger partial charge in [0, 0.05) is 11.8 Å². The highest BCUT2D eigenvalue weighted by Gasteiger charge is 2.14. The first-order valence-electron chi connectivity index (χ1n) is 7.68. The van der Waals surface area contributed by atoms with Gasteiger partial charge in [0.25, 0.3) is 0 Å². The molecule has 0 saturated heterocycles. The quantitative estimate of drug-likeness (QED) is 0.469. The smallest absolute Gasteiger partial charge is 0.219 e. The fraction of sp³-hybridized carbons (Fsp3) is 0.733. The Morgan fingerprint density at radius 3 is 2.85 bits per heavy atom.